The van der Waals surface area contributed by atoms with Crippen LogP contribution in [0.5, 0.6) is 0 Å². The number of thioether (sulfide) groups is 1. The van der Waals surface area contributed by atoms with Gasteiger partial charge in [-0.05, 0) is 12.1 Å². The molecule has 0 aliphatic carbocycles. The fourth-order valence-corrected chi connectivity index (χ4v) is 2.92. The van der Waals surface area contributed by atoms with Gasteiger partial charge >= 0.3 is 0 Å². The van der Waals surface area contributed by atoms with Crippen LogP contribution in [0.4, 0.5) is 0 Å². The number of nitrogens with one attached hydrogen (secondary N) is 1. The minimum Gasteiger partial charge on any atom is -0.339 e. The van der Waals surface area contributed by atoms with Crippen molar-refractivity contribution in [1.82, 2.24) is 24.8 Å². The molecule has 0 spiro atoms. The molecule has 1 amide bonds. The maximum atomic E-state index is 12.2. The molecule has 0 unspecified atom stereocenters. The molecule has 24 heavy (non-hydrogen) atoms. The van der Waals surface area contributed by atoms with Gasteiger partial charge in [-0.1, -0.05) is 23.9 Å². The average Bonchev–Trinajstić information content (AvgIpc) is 2.60. The summed E-state index contributed by atoms with van der Waals surface area (Å²) in [4.78, 5) is 41.0. The van der Waals surface area contributed by atoms with Crippen LogP contribution in [0.25, 0.3) is 10.9 Å². The molecule has 0 fully saturated rings. The average molecular weight is 341 g/mol. The highest BCUT2D eigenvalue weighted by molar-refractivity contribution is 7.99. The predicted octanol–water partition coefficient (Wildman–Crippen LogP) is 1.46. The first kappa shape index (κ1) is 16.1. The Bertz CT molecular complexity index is 913. The number of aromatic amines is 1. The minimum absolute atomic E-state index is 0.0820. The Balaban J connectivity index is 1.65. The molecular weight excluding hydrogens is 326 g/mol. The Morgan fingerprint density at radius 1 is 1.29 bits per heavy atom. The van der Waals surface area contributed by atoms with Crippen LogP contribution in [0.3, 0.4) is 0 Å². The van der Waals surface area contributed by atoms with Gasteiger partial charge in [0.1, 0.15) is 0 Å². The molecule has 2 heterocycles. The highest BCUT2D eigenvalue weighted by atomic mass is 32.2. The number of benzene rings is 1. The zero-order valence-corrected chi connectivity index (χ0v) is 13.8. The minimum atomic E-state index is -0.205. The van der Waals surface area contributed by atoms with E-state index in [4.69, 9.17) is 0 Å². The van der Waals surface area contributed by atoms with Gasteiger partial charge in [0.2, 0.25) is 5.91 Å². The standard InChI is InChI=1S/C16H15N5O2S/c1-21(9-11-8-17-6-7-18-11)14(22)10-24-16-19-13-5-3-2-4-12(13)15(23)20-16/h2-8H,9-10H2,1H3,(H,19,20,23). The normalized spacial score (nSPS) is 10.7. The van der Waals surface area contributed by atoms with Crippen molar-refractivity contribution < 1.29 is 4.79 Å². The van der Waals surface area contributed by atoms with Crippen molar-refractivity contribution in [3.8, 4) is 0 Å². The Labute approximate surface area is 142 Å². The molecule has 0 saturated heterocycles. The molecule has 8 heteroatoms. The second kappa shape index (κ2) is 7.22. The smallest absolute Gasteiger partial charge is 0.259 e. The summed E-state index contributed by atoms with van der Waals surface area (Å²) >= 11 is 1.20. The molecule has 2 aromatic heterocycles. The van der Waals surface area contributed by atoms with E-state index in [1.54, 1.807) is 48.7 Å². The molecule has 1 N–H and O–H groups in total. The molecule has 3 rings (SSSR count). The first-order valence-corrected chi connectivity index (χ1v) is 8.23. The lowest BCUT2D eigenvalue weighted by molar-refractivity contribution is -0.127. The molecule has 0 aliphatic heterocycles. The Morgan fingerprint density at radius 3 is 2.92 bits per heavy atom. The van der Waals surface area contributed by atoms with Crippen molar-refractivity contribution >= 4 is 28.6 Å². The van der Waals surface area contributed by atoms with E-state index in [-0.39, 0.29) is 17.2 Å². The Hall–Kier alpha value is -2.74. The predicted molar refractivity (Wildman–Crippen MR) is 91.6 cm³/mol. The van der Waals surface area contributed by atoms with E-state index in [2.05, 4.69) is 19.9 Å². The number of rotatable bonds is 5. The molecule has 0 bridgehead atoms. The molecule has 0 saturated carbocycles. The number of H-pyrrole nitrogens is 1. The Morgan fingerprint density at radius 2 is 2.12 bits per heavy atom. The lowest BCUT2D eigenvalue weighted by atomic mass is 10.2. The first-order chi connectivity index (χ1) is 11.6. The van der Waals surface area contributed by atoms with Gasteiger partial charge in [0.05, 0.1) is 35.1 Å². The zero-order chi connectivity index (χ0) is 16.9. The summed E-state index contributed by atoms with van der Waals surface area (Å²) < 4.78 is 0. The van der Waals surface area contributed by atoms with Crippen LogP contribution >= 0.6 is 11.8 Å². The summed E-state index contributed by atoms with van der Waals surface area (Å²) in [5, 5.41) is 0.966. The maximum absolute atomic E-state index is 12.2. The van der Waals surface area contributed by atoms with E-state index in [9.17, 15) is 9.59 Å². The monoisotopic (exact) mass is 341 g/mol. The topological polar surface area (TPSA) is 91.8 Å². The molecule has 0 atom stereocenters. The molecular formula is C16H15N5O2S. The SMILES string of the molecule is CN(Cc1cnccn1)C(=O)CSc1nc2ccccc2c(=O)[nH]1. The van der Waals surface area contributed by atoms with Crippen molar-refractivity contribution in [1.29, 1.82) is 0 Å². The summed E-state index contributed by atoms with van der Waals surface area (Å²) in [7, 11) is 1.70. The number of fused-ring (bicyclic) bond motifs is 1. The van der Waals surface area contributed by atoms with Crippen LogP contribution in [-0.2, 0) is 11.3 Å². The largest absolute Gasteiger partial charge is 0.339 e. The number of para-hydroxylation sites is 1. The van der Waals surface area contributed by atoms with Crippen molar-refractivity contribution in [2.75, 3.05) is 12.8 Å². The number of hydrogen-bond donors (Lipinski definition) is 1. The lowest BCUT2D eigenvalue weighted by Gasteiger charge is -2.16. The summed E-state index contributed by atoms with van der Waals surface area (Å²) in [6, 6.07) is 7.10. The number of carbonyl (C=O) groups is 1. The summed E-state index contributed by atoms with van der Waals surface area (Å²) in [6.07, 6.45) is 4.80. The van der Waals surface area contributed by atoms with Crippen LogP contribution in [0.2, 0.25) is 0 Å². The van der Waals surface area contributed by atoms with E-state index in [1.165, 1.54) is 11.8 Å². The molecule has 7 nitrogen and oxygen atoms in total. The molecule has 0 radical (unpaired) electrons. The van der Waals surface area contributed by atoms with Gasteiger partial charge in [-0.3, -0.25) is 19.6 Å². The van der Waals surface area contributed by atoms with E-state index >= 15 is 0 Å². The van der Waals surface area contributed by atoms with E-state index in [1.807, 2.05) is 6.07 Å². The fourth-order valence-electron chi connectivity index (χ4n) is 2.12. The van der Waals surface area contributed by atoms with Crippen molar-refractivity contribution in [2.24, 2.45) is 0 Å². The molecule has 1 aromatic carbocycles. The fraction of sp³-hybridized carbons (Fsp3) is 0.188. The second-order valence-corrected chi connectivity index (χ2v) is 6.09. The van der Waals surface area contributed by atoms with Gasteiger partial charge in [-0.15, -0.1) is 0 Å². The number of hydrogen-bond acceptors (Lipinski definition) is 6. The zero-order valence-electron chi connectivity index (χ0n) is 13.0. The van der Waals surface area contributed by atoms with Gasteiger partial charge in [0.15, 0.2) is 5.16 Å². The van der Waals surface area contributed by atoms with E-state index in [0.29, 0.717) is 22.6 Å². The first-order valence-electron chi connectivity index (χ1n) is 7.24. The van der Waals surface area contributed by atoms with Crippen molar-refractivity contribution in [3.05, 3.63) is 58.9 Å². The van der Waals surface area contributed by atoms with Crippen LogP contribution in [0.15, 0.2) is 52.8 Å². The molecule has 0 aliphatic rings. The number of amides is 1. The van der Waals surface area contributed by atoms with Crippen LogP contribution in [-0.4, -0.2) is 43.5 Å². The van der Waals surface area contributed by atoms with Crippen LogP contribution in [0, 0.1) is 0 Å². The summed E-state index contributed by atoms with van der Waals surface area (Å²) in [5.41, 5.74) is 1.13. The van der Waals surface area contributed by atoms with Gasteiger partial charge in [-0.2, -0.15) is 0 Å². The Kier molecular flexibility index (Phi) is 4.85. The third kappa shape index (κ3) is 3.77. The quantitative estimate of drug-likeness (QED) is 0.558. The molecule has 3 aromatic rings. The summed E-state index contributed by atoms with van der Waals surface area (Å²) in [6.45, 7) is 0.384. The number of aromatic nitrogens is 4. The van der Waals surface area contributed by atoms with Crippen LogP contribution < -0.4 is 5.56 Å². The van der Waals surface area contributed by atoms with Gasteiger partial charge < -0.3 is 9.88 Å². The van der Waals surface area contributed by atoms with Gasteiger partial charge in [0, 0.05) is 19.4 Å². The molecule has 122 valence electrons. The van der Waals surface area contributed by atoms with Gasteiger partial charge in [0.25, 0.3) is 5.56 Å². The second-order valence-electron chi connectivity index (χ2n) is 5.12. The number of nitrogens with zero attached hydrogens (tertiary/aromatic N) is 4. The highest BCUT2D eigenvalue weighted by Crippen LogP contribution is 2.15. The van der Waals surface area contributed by atoms with Crippen molar-refractivity contribution in [2.45, 2.75) is 11.7 Å². The summed E-state index contributed by atoms with van der Waals surface area (Å²) in [5.74, 6) is 0.0966. The van der Waals surface area contributed by atoms with Crippen molar-refractivity contribution in [3.63, 3.8) is 0 Å². The number of carbonyl (C=O) groups excluding carboxylic acids is 1. The highest BCUT2D eigenvalue weighted by Gasteiger charge is 2.12. The third-order valence-corrected chi connectivity index (χ3v) is 4.22. The third-order valence-electron chi connectivity index (χ3n) is 3.37. The lowest BCUT2D eigenvalue weighted by Crippen LogP contribution is -2.28. The van der Waals surface area contributed by atoms with Crippen LogP contribution in [0.1, 0.15) is 5.69 Å². The van der Waals surface area contributed by atoms with E-state index in [0.717, 1.165) is 5.69 Å². The van der Waals surface area contributed by atoms with E-state index < -0.39 is 0 Å². The maximum Gasteiger partial charge on any atom is 0.259 e. The van der Waals surface area contributed by atoms with Gasteiger partial charge in [-0.25, -0.2) is 4.98 Å².